The van der Waals surface area contributed by atoms with Gasteiger partial charge in [-0.1, -0.05) is 42.5 Å². The number of rotatable bonds is 4. The Balaban J connectivity index is 1.74. The zero-order valence-electron chi connectivity index (χ0n) is 16.6. The second-order valence-electron chi connectivity index (χ2n) is 7.63. The normalized spacial score (nSPS) is 15.9. The Morgan fingerprint density at radius 1 is 1.07 bits per heavy atom. The molecule has 30 heavy (non-hydrogen) atoms. The Hall–Kier alpha value is -3.18. The van der Waals surface area contributed by atoms with E-state index in [1.165, 1.54) is 12.0 Å². The molecule has 150 valence electrons. The number of Topliss-reactive ketones (excluding diaryl/α,β-unsaturated/α-hetero) is 1. The summed E-state index contributed by atoms with van der Waals surface area (Å²) in [5.74, 6) is -0.137. The SMILES string of the molecule is COC(=O)c1cccc2c1c1c(n2Cc2ccccc2)CC(c2cccs2)CC1=O. The Morgan fingerprint density at radius 3 is 2.63 bits per heavy atom. The number of methoxy groups -OCH3 is 1. The number of hydrogen-bond donors (Lipinski definition) is 0. The molecular weight excluding hydrogens is 394 g/mol. The summed E-state index contributed by atoms with van der Waals surface area (Å²) in [6, 6.07) is 20.0. The van der Waals surface area contributed by atoms with Gasteiger partial charge in [0.25, 0.3) is 0 Å². The van der Waals surface area contributed by atoms with Crippen LogP contribution < -0.4 is 0 Å². The van der Waals surface area contributed by atoms with Crippen LogP contribution in [0.1, 0.15) is 49.2 Å². The number of carbonyl (C=O) groups is 2. The molecule has 0 aliphatic heterocycles. The van der Waals surface area contributed by atoms with Gasteiger partial charge < -0.3 is 9.30 Å². The summed E-state index contributed by atoms with van der Waals surface area (Å²) in [4.78, 5) is 27.1. The molecule has 1 aliphatic rings. The summed E-state index contributed by atoms with van der Waals surface area (Å²) in [6.07, 6.45) is 1.25. The average molecular weight is 416 g/mol. The third kappa shape index (κ3) is 3.06. The largest absolute Gasteiger partial charge is 0.465 e. The van der Waals surface area contributed by atoms with Crippen molar-refractivity contribution in [1.29, 1.82) is 0 Å². The topological polar surface area (TPSA) is 48.3 Å². The van der Waals surface area contributed by atoms with Crippen molar-refractivity contribution in [2.75, 3.05) is 7.11 Å². The summed E-state index contributed by atoms with van der Waals surface area (Å²) in [5.41, 5.74) is 4.23. The van der Waals surface area contributed by atoms with E-state index in [0.29, 0.717) is 24.1 Å². The molecule has 4 aromatic rings. The highest BCUT2D eigenvalue weighted by Crippen LogP contribution is 2.41. The lowest BCUT2D eigenvalue weighted by molar-refractivity contribution is 0.0603. The van der Waals surface area contributed by atoms with E-state index >= 15 is 0 Å². The zero-order valence-corrected chi connectivity index (χ0v) is 17.4. The molecule has 0 bridgehead atoms. The van der Waals surface area contributed by atoms with Gasteiger partial charge in [-0.05, 0) is 35.6 Å². The number of ether oxygens (including phenoxy) is 1. The molecule has 0 N–H and O–H groups in total. The van der Waals surface area contributed by atoms with Crippen molar-refractivity contribution < 1.29 is 14.3 Å². The highest BCUT2D eigenvalue weighted by atomic mass is 32.1. The smallest absolute Gasteiger partial charge is 0.338 e. The van der Waals surface area contributed by atoms with Crippen molar-refractivity contribution in [3.05, 3.63) is 93.3 Å². The van der Waals surface area contributed by atoms with Crippen LogP contribution in [0.3, 0.4) is 0 Å². The maximum atomic E-state index is 13.4. The predicted octanol–water partition coefficient (Wildman–Crippen LogP) is 5.45. The standard InChI is InChI=1S/C25H21NO3S/c1-29-25(28)18-9-5-10-19-23(18)24-20(26(19)15-16-7-3-2-4-8-16)13-17(14-21(24)27)22-11-6-12-30-22/h2-12,17H,13-15H2,1H3. The lowest BCUT2D eigenvalue weighted by Crippen LogP contribution is -2.20. The maximum absolute atomic E-state index is 13.4. The van der Waals surface area contributed by atoms with Crippen LogP contribution in [0.4, 0.5) is 0 Å². The average Bonchev–Trinajstić information content (AvgIpc) is 3.41. The van der Waals surface area contributed by atoms with Crippen LogP contribution in [-0.2, 0) is 17.7 Å². The first-order chi connectivity index (χ1) is 14.7. The molecule has 0 amide bonds. The monoisotopic (exact) mass is 415 g/mol. The van der Waals surface area contributed by atoms with E-state index in [-0.39, 0.29) is 11.7 Å². The van der Waals surface area contributed by atoms with Crippen molar-refractivity contribution >= 4 is 34.0 Å². The molecular formula is C25H21NO3S. The van der Waals surface area contributed by atoms with Crippen molar-refractivity contribution in [1.82, 2.24) is 4.57 Å². The summed E-state index contributed by atoms with van der Waals surface area (Å²) >= 11 is 1.70. The first kappa shape index (κ1) is 18.8. The summed E-state index contributed by atoms with van der Waals surface area (Å²) in [7, 11) is 1.38. The Bertz CT molecular complexity index is 1240. The molecule has 2 aromatic heterocycles. The van der Waals surface area contributed by atoms with Crippen LogP contribution in [0.5, 0.6) is 0 Å². The van der Waals surface area contributed by atoms with Crippen LogP contribution in [-0.4, -0.2) is 23.4 Å². The van der Waals surface area contributed by atoms with E-state index in [9.17, 15) is 9.59 Å². The second kappa shape index (κ2) is 7.58. The quantitative estimate of drug-likeness (QED) is 0.417. The van der Waals surface area contributed by atoms with Crippen LogP contribution in [0.2, 0.25) is 0 Å². The van der Waals surface area contributed by atoms with Gasteiger partial charge in [-0.3, -0.25) is 4.79 Å². The fraction of sp³-hybridized carbons (Fsp3) is 0.200. The van der Waals surface area contributed by atoms with Gasteiger partial charge in [0.1, 0.15) is 0 Å². The third-order valence-electron chi connectivity index (χ3n) is 5.88. The number of benzene rings is 2. The molecule has 0 saturated carbocycles. The zero-order chi connectivity index (χ0) is 20.7. The number of fused-ring (bicyclic) bond motifs is 3. The second-order valence-corrected chi connectivity index (χ2v) is 8.61. The minimum Gasteiger partial charge on any atom is -0.465 e. The number of hydrogen-bond acceptors (Lipinski definition) is 4. The molecule has 2 aromatic carbocycles. The maximum Gasteiger partial charge on any atom is 0.338 e. The summed E-state index contributed by atoms with van der Waals surface area (Å²) in [6.45, 7) is 0.655. The number of thiophene rings is 1. The fourth-order valence-corrected chi connectivity index (χ4v) is 5.38. The van der Waals surface area contributed by atoms with E-state index in [4.69, 9.17) is 4.74 Å². The fourth-order valence-electron chi connectivity index (χ4n) is 4.55. The molecule has 0 fully saturated rings. The van der Waals surface area contributed by atoms with Gasteiger partial charge in [0.2, 0.25) is 0 Å². The van der Waals surface area contributed by atoms with Gasteiger partial charge in [-0.2, -0.15) is 0 Å². The van der Waals surface area contributed by atoms with Gasteiger partial charge in [-0.15, -0.1) is 11.3 Å². The molecule has 0 radical (unpaired) electrons. The van der Waals surface area contributed by atoms with Gasteiger partial charge in [0, 0.05) is 40.4 Å². The van der Waals surface area contributed by atoms with Crippen LogP contribution in [0.15, 0.2) is 66.0 Å². The third-order valence-corrected chi connectivity index (χ3v) is 6.92. The molecule has 5 heteroatoms. The molecule has 5 rings (SSSR count). The van der Waals surface area contributed by atoms with Crippen LogP contribution in [0.25, 0.3) is 10.9 Å². The van der Waals surface area contributed by atoms with Gasteiger partial charge >= 0.3 is 5.97 Å². The number of ketones is 1. The predicted molar refractivity (Wildman–Crippen MR) is 119 cm³/mol. The first-order valence-electron chi connectivity index (χ1n) is 10.00. The highest BCUT2D eigenvalue weighted by Gasteiger charge is 2.34. The van der Waals surface area contributed by atoms with Gasteiger partial charge in [0.05, 0.1) is 18.2 Å². The van der Waals surface area contributed by atoms with E-state index in [1.54, 1.807) is 17.4 Å². The molecule has 1 unspecified atom stereocenters. The Labute approximate surface area is 178 Å². The lowest BCUT2D eigenvalue weighted by Gasteiger charge is -2.23. The van der Waals surface area contributed by atoms with Crippen molar-refractivity contribution in [3.63, 3.8) is 0 Å². The van der Waals surface area contributed by atoms with Crippen molar-refractivity contribution in [2.45, 2.75) is 25.3 Å². The summed E-state index contributed by atoms with van der Waals surface area (Å²) < 4.78 is 7.23. The van der Waals surface area contributed by atoms with Gasteiger partial charge in [-0.25, -0.2) is 4.79 Å². The molecule has 0 saturated heterocycles. The number of nitrogens with zero attached hydrogens (tertiary/aromatic N) is 1. The molecule has 2 heterocycles. The molecule has 4 nitrogen and oxygen atoms in total. The van der Waals surface area contributed by atoms with Gasteiger partial charge in [0.15, 0.2) is 5.78 Å². The first-order valence-corrected chi connectivity index (χ1v) is 10.9. The number of aromatic nitrogens is 1. The van der Waals surface area contributed by atoms with Crippen molar-refractivity contribution in [3.8, 4) is 0 Å². The van der Waals surface area contributed by atoms with Crippen molar-refractivity contribution in [2.24, 2.45) is 0 Å². The van der Waals surface area contributed by atoms with Crippen LogP contribution >= 0.6 is 11.3 Å². The van der Waals surface area contributed by atoms with Crippen LogP contribution in [0, 0.1) is 0 Å². The number of carbonyl (C=O) groups excluding carboxylic acids is 2. The Kier molecular flexibility index (Phi) is 4.75. The molecule has 1 atom stereocenters. The summed E-state index contributed by atoms with van der Waals surface area (Å²) in [5, 5.41) is 2.79. The lowest BCUT2D eigenvalue weighted by atomic mass is 9.84. The highest BCUT2D eigenvalue weighted by molar-refractivity contribution is 7.10. The number of esters is 1. The Morgan fingerprint density at radius 2 is 1.90 bits per heavy atom. The minimum absolute atomic E-state index is 0.0998. The molecule has 1 aliphatic carbocycles. The van der Waals surface area contributed by atoms with E-state index in [0.717, 1.165) is 28.6 Å². The van der Waals surface area contributed by atoms with E-state index < -0.39 is 5.97 Å². The van der Waals surface area contributed by atoms with E-state index in [2.05, 4.69) is 28.1 Å². The van der Waals surface area contributed by atoms with E-state index in [1.807, 2.05) is 36.4 Å². The molecule has 0 spiro atoms. The minimum atomic E-state index is -0.409.